The topological polar surface area (TPSA) is 89.1 Å². The first-order valence-corrected chi connectivity index (χ1v) is 13.4. The molecule has 1 atom stereocenters. The summed E-state index contributed by atoms with van der Waals surface area (Å²) in [5.74, 6) is 2.69. The van der Waals surface area contributed by atoms with Crippen molar-refractivity contribution >= 4 is 39.6 Å². The highest BCUT2D eigenvalue weighted by molar-refractivity contribution is 7.98. The number of amides is 1. The predicted molar refractivity (Wildman–Crippen MR) is 150 cm³/mol. The van der Waals surface area contributed by atoms with Gasteiger partial charge in [-0.15, -0.1) is 0 Å². The zero-order valence-corrected chi connectivity index (χ0v) is 21.8. The molecule has 0 saturated carbocycles. The van der Waals surface area contributed by atoms with Crippen LogP contribution in [0.5, 0.6) is 11.5 Å². The first-order chi connectivity index (χ1) is 18.1. The van der Waals surface area contributed by atoms with Gasteiger partial charge in [0.25, 0.3) is 5.91 Å². The first-order valence-electron chi connectivity index (χ1n) is 12.0. The minimum absolute atomic E-state index is 0.174. The molecule has 2 N–H and O–H groups in total. The Labute approximate surface area is 219 Å². The van der Waals surface area contributed by atoms with Crippen LogP contribution in [0.4, 0.5) is 0 Å². The van der Waals surface area contributed by atoms with E-state index in [9.17, 15) is 4.79 Å². The van der Waals surface area contributed by atoms with Crippen LogP contribution in [-0.4, -0.2) is 47.1 Å². The number of carbonyl (C=O) groups is 1. The van der Waals surface area contributed by atoms with E-state index in [1.165, 1.54) is 0 Å². The maximum absolute atomic E-state index is 13.8. The van der Waals surface area contributed by atoms with Crippen molar-refractivity contribution in [1.82, 2.24) is 20.3 Å². The number of carbonyl (C=O) groups excluding carboxylic acids is 1. The number of hydrogen-bond acceptors (Lipinski definition) is 6. The van der Waals surface area contributed by atoms with Crippen molar-refractivity contribution in [2.24, 2.45) is 0 Å². The van der Waals surface area contributed by atoms with Crippen LogP contribution in [0.1, 0.15) is 28.6 Å². The number of thioether (sulfide) groups is 1. The summed E-state index contributed by atoms with van der Waals surface area (Å²) < 4.78 is 10.9. The number of aromatic amines is 1. The number of para-hydroxylation sites is 3. The number of aromatic nitrogens is 3. The second-order valence-electron chi connectivity index (χ2n) is 8.59. The average Bonchev–Trinajstić information content (AvgIpc) is 3.38. The number of pyridine rings is 1. The predicted octanol–water partition coefficient (Wildman–Crippen LogP) is 6.02. The third-order valence-corrected chi connectivity index (χ3v) is 6.94. The third-order valence-electron chi connectivity index (χ3n) is 6.29. The van der Waals surface area contributed by atoms with Gasteiger partial charge in [0.05, 0.1) is 48.1 Å². The summed E-state index contributed by atoms with van der Waals surface area (Å²) in [5.41, 5.74) is 4.63. The van der Waals surface area contributed by atoms with Crippen molar-refractivity contribution in [3.8, 4) is 22.8 Å². The molecule has 0 fully saturated rings. The zero-order chi connectivity index (χ0) is 25.8. The van der Waals surface area contributed by atoms with Crippen LogP contribution in [0, 0.1) is 0 Å². The maximum Gasteiger partial charge on any atom is 0.252 e. The molecular formula is C29H28N4O3S. The maximum atomic E-state index is 13.8. The zero-order valence-electron chi connectivity index (χ0n) is 20.9. The summed E-state index contributed by atoms with van der Waals surface area (Å²) in [4.78, 5) is 26.8. The van der Waals surface area contributed by atoms with Crippen LogP contribution in [0.3, 0.4) is 0 Å². The van der Waals surface area contributed by atoms with Crippen LogP contribution in [0.15, 0.2) is 72.8 Å². The lowest BCUT2D eigenvalue weighted by atomic mass is 10.0. The van der Waals surface area contributed by atoms with E-state index >= 15 is 0 Å². The molecular weight excluding hydrogens is 484 g/mol. The van der Waals surface area contributed by atoms with Crippen LogP contribution in [0.25, 0.3) is 33.2 Å². The Morgan fingerprint density at radius 2 is 1.70 bits per heavy atom. The lowest BCUT2D eigenvalue weighted by molar-refractivity contribution is 0.0936. The average molecular weight is 513 g/mol. The molecule has 8 heteroatoms. The van der Waals surface area contributed by atoms with Gasteiger partial charge in [-0.05, 0) is 60.9 Å². The van der Waals surface area contributed by atoms with E-state index in [0.717, 1.165) is 45.5 Å². The Balaban J connectivity index is 1.54. The van der Waals surface area contributed by atoms with E-state index in [2.05, 4.69) is 16.6 Å². The van der Waals surface area contributed by atoms with Crippen molar-refractivity contribution in [1.29, 1.82) is 0 Å². The fourth-order valence-electron chi connectivity index (χ4n) is 4.39. The van der Waals surface area contributed by atoms with Gasteiger partial charge in [0, 0.05) is 10.9 Å². The molecule has 0 aliphatic heterocycles. The number of nitrogens with one attached hydrogen (secondary N) is 2. The molecule has 3 aromatic carbocycles. The Morgan fingerprint density at radius 1 is 0.946 bits per heavy atom. The second-order valence-corrected chi connectivity index (χ2v) is 9.57. The molecule has 0 saturated heterocycles. The highest BCUT2D eigenvalue weighted by Crippen LogP contribution is 2.33. The van der Waals surface area contributed by atoms with Gasteiger partial charge >= 0.3 is 0 Å². The highest BCUT2D eigenvalue weighted by atomic mass is 32.2. The lowest BCUT2D eigenvalue weighted by Gasteiger charge is -2.18. The van der Waals surface area contributed by atoms with Gasteiger partial charge in [-0.1, -0.05) is 30.3 Å². The van der Waals surface area contributed by atoms with Crippen LogP contribution in [-0.2, 0) is 0 Å². The van der Waals surface area contributed by atoms with E-state index in [0.29, 0.717) is 22.8 Å². The number of imidazole rings is 1. The van der Waals surface area contributed by atoms with Gasteiger partial charge in [-0.2, -0.15) is 11.8 Å². The molecule has 1 unspecified atom stereocenters. The molecule has 0 radical (unpaired) electrons. The number of ether oxygens (including phenoxy) is 2. The Hall–Kier alpha value is -4.04. The summed E-state index contributed by atoms with van der Waals surface area (Å²) in [6, 6.07) is 22.8. The van der Waals surface area contributed by atoms with Crippen molar-refractivity contribution in [2.45, 2.75) is 12.5 Å². The third kappa shape index (κ3) is 5.11. The minimum atomic E-state index is -0.260. The second kappa shape index (κ2) is 10.9. The number of methoxy groups -OCH3 is 2. The monoisotopic (exact) mass is 512 g/mol. The molecule has 0 bridgehead atoms. The SMILES string of the molecule is COc1ccc(-c2cc(C(=O)NC(CCSC)c3nc4ccccc4[nH]3)c3ccccc3n2)cc1OC. The number of rotatable bonds is 9. The van der Waals surface area contributed by atoms with Gasteiger partial charge in [0.1, 0.15) is 5.82 Å². The van der Waals surface area contributed by atoms with Gasteiger partial charge in [0.15, 0.2) is 11.5 Å². The summed E-state index contributed by atoms with van der Waals surface area (Å²) in [6.45, 7) is 0. The minimum Gasteiger partial charge on any atom is -0.493 e. The van der Waals surface area contributed by atoms with E-state index in [1.807, 2.05) is 72.8 Å². The number of nitrogens with zero attached hydrogens (tertiary/aromatic N) is 2. The molecule has 0 aliphatic rings. The van der Waals surface area contributed by atoms with Crippen molar-refractivity contribution < 1.29 is 14.3 Å². The first kappa shape index (κ1) is 24.6. The molecule has 2 heterocycles. The van der Waals surface area contributed by atoms with E-state index in [-0.39, 0.29) is 11.9 Å². The van der Waals surface area contributed by atoms with Gasteiger partial charge in [-0.3, -0.25) is 4.79 Å². The molecule has 5 aromatic rings. The standard InChI is InChI=1S/C29H28N4O3S/c1-35-26-13-12-18(16-27(26)36-2)25-17-20(19-8-4-5-9-21(19)30-25)29(34)33-24(14-15-37-3)28-31-22-10-6-7-11-23(22)32-28/h4-13,16-17,24H,14-15H2,1-3H3,(H,31,32)(H,33,34). The highest BCUT2D eigenvalue weighted by Gasteiger charge is 2.21. The van der Waals surface area contributed by atoms with Crippen molar-refractivity contribution in [3.63, 3.8) is 0 Å². The fourth-order valence-corrected chi connectivity index (χ4v) is 4.86. The van der Waals surface area contributed by atoms with Crippen LogP contribution < -0.4 is 14.8 Å². The number of benzene rings is 3. The summed E-state index contributed by atoms with van der Waals surface area (Å²) in [6.07, 6.45) is 2.81. The largest absolute Gasteiger partial charge is 0.493 e. The molecule has 0 spiro atoms. The van der Waals surface area contributed by atoms with Gasteiger partial charge in [0.2, 0.25) is 0 Å². The molecule has 5 rings (SSSR count). The summed E-state index contributed by atoms with van der Waals surface area (Å²) in [7, 11) is 3.20. The lowest BCUT2D eigenvalue weighted by Crippen LogP contribution is -2.30. The molecule has 37 heavy (non-hydrogen) atoms. The molecule has 1 amide bonds. The smallest absolute Gasteiger partial charge is 0.252 e. The summed E-state index contributed by atoms with van der Waals surface area (Å²) >= 11 is 1.74. The molecule has 7 nitrogen and oxygen atoms in total. The Morgan fingerprint density at radius 3 is 2.46 bits per heavy atom. The van der Waals surface area contributed by atoms with Gasteiger partial charge in [-0.25, -0.2) is 9.97 Å². The van der Waals surface area contributed by atoms with Crippen LogP contribution in [0.2, 0.25) is 0 Å². The van der Waals surface area contributed by atoms with Crippen molar-refractivity contribution in [2.75, 3.05) is 26.2 Å². The fraction of sp³-hybridized carbons (Fsp3) is 0.207. The summed E-state index contributed by atoms with van der Waals surface area (Å²) in [5, 5.41) is 4.03. The Bertz CT molecular complexity index is 1530. The quantitative estimate of drug-likeness (QED) is 0.251. The molecule has 188 valence electrons. The van der Waals surface area contributed by atoms with Crippen molar-refractivity contribution in [3.05, 3.63) is 84.2 Å². The number of H-pyrrole nitrogens is 1. The molecule has 0 aliphatic carbocycles. The van der Waals surface area contributed by atoms with E-state index in [4.69, 9.17) is 19.4 Å². The number of fused-ring (bicyclic) bond motifs is 2. The Kier molecular flexibility index (Phi) is 7.28. The van der Waals surface area contributed by atoms with Gasteiger partial charge < -0.3 is 19.8 Å². The van der Waals surface area contributed by atoms with Crippen LogP contribution >= 0.6 is 11.8 Å². The van der Waals surface area contributed by atoms with E-state index in [1.54, 1.807) is 26.0 Å². The normalized spacial score (nSPS) is 12.0. The molecule has 2 aromatic heterocycles. The van der Waals surface area contributed by atoms with E-state index < -0.39 is 0 Å². The number of hydrogen-bond donors (Lipinski definition) is 2.